The van der Waals surface area contributed by atoms with E-state index in [-0.39, 0.29) is 11.6 Å². The molecule has 0 fully saturated rings. The van der Waals surface area contributed by atoms with Crippen molar-refractivity contribution in [2.75, 3.05) is 7.11 Å². The molecule has 0 radical (unpaired) electrons. The molecule has 0 unspecified atom stereocenters. The molecule has 1 amide bonds. The molecule has 0 bridgehead atoms. The van der Waals surface area contributed by atoms with Gasteiger partial charge in [-0.2, -0.15) is 0 Å². The second-order valence-electron chi connectivity index (χ2n) is 6.45. The van der Waals surface area contributed by atoms with E-state index in [1.807, 2.05) is 30.3 Å². The van der Waals surface area contributed by atoms with Crippen molar-refractivity contribution in [3.8, 4) is 0 Å². The third kappa shape index (κ3) is 5.63. The summed E-state index contributed by atoms with van der Waals surface area (Å²) in [5, 5.41) is 2.74. The number of methoxy groups -OCH3 is 1. The first-order chi connectivity index (χ1) is 11.8. The first kappa shape index (κ1) is 18.5. The van der Waals surface area contributed by atoms with E-state index in [0.717, 1.165) is 5.56 Å². The Labute approximate surface area is 146 Å². The number of hydrogen-bond donors (Lipinski definition) is 1. The fourth-order valence-corrected chi connectivity index (χ4v) is 2.15. The van der Waals surface area contributed by atoms with E-state index < -0.39 is 23.7 Å². The van der Waals surface area contributed by atoms with Gasteiger partial charge in [0.15, 0.2) is 5.69 Å². The van der Waals surface area contributed by atoms with Crippen LogP contribution in [0.15, 0.2) is 41.0 Å². The third-order valence-corrected chi connectivity index (χ3v) is 3.19. The molecule has 0 spiro atoms. The topological polar surface area (TPSA) is 90.7 Å². The molecule has 0 aliphatic heterocycles. The van der Waals surface area contributed by atoms with E-state index in [4.69, 9.17) is 9.15 Å². The van der Waals surface area contributed by atoms with Gasteiger partial charge in [-0.15, -0.1) is 0 Å². The molecule has 2 rings (SSSR count). The quantitative estimate of drug-likeness (QED) is 0.836. The van der Waals surface area contributed by atoms with Crippen molar-refractivity contribution < 1.29 is 23.5 Å². The Hall–Kier alpha value is -2.83. The van der Waals surface area contributed by atoms with Crippen LogP contribution in [0.4, 0.5) is 4.79 Å². The van der Waals surface area contributed by atoms with Gasteiger partial charge in [-0.25, -0.2) is 14.6 Å². The summed E-state index contributed by atoms with van der Waals surface area (Å²) < 4.78 is 15.3. The monoisotopic (exact) mass is 346 g/mol. The van der Waals surface area contributed by atoms with E-state index in [0.29, 0.717) is 6.42 Å². The predicted molar refractivity (Wildman–Crippen MR) is 90.1 cm³/mol. The average Bonchev–Trinajstić information content (AvgIpc) is 3.02. The number of aromatic nitrogens is 1. The first-order valence-electron chi connectivity index (χ1n) is 7.85. The van der Waals surface area contributed by atoms with Crippen molar-refractivity contribution in [3.63, 3.8) is 0 Å². The maximum Gasteiger partial charge on any atom is 0.408 e. The molecule has 1 aromatic heterocycles. The van der Waals surface area contributed by atoms with Crippen LogP contribution in [-0.2, 0) is 15.9 Å². The number of benzene rings is 1. The molecule has 7 nitrogen and oxygen atoms in total. The molecular formula is C18H22N2O5. The summed E-state index contributed by atoms with van der Waals surface area (Å²) in [6, 6.07) is 8.96. The highest BCUT2D eigenvalue weighted by molar-refractivity contribution is 5.86. The SMILES string of the molecule is COC(=O)c1coc([C@H](Cc2ccccc2)NC(=O)OC(C)(C)C)n1. The summed E-state index contributed by atoms with van der Waals surface area (Å²) in [5.41, 5.74) is 0.387. The minimum absolute atomic E-state index is 0.0431. The van der Waals surface area contributed by atoms with Crippen molar-refractivity contribution in [2.45, 2.75) is 38.8 Å². The zero-order valence-electron chi connectivity index (χ0n) is 14.7. The second-order valence-corrected chi connectivity index (χ2v) is 6.45. The molecule has 1 atom stereocenters. The van der Waals surface area contributed by atoms with Gasteiger partial charge in [0.2, 0.25) is 5.89 Å². The maximum atomic E-state index is 12.1. The molecule has 0 saturated heterocycles. The number of oxazole rings is 1. The highest BCUT2D eigenvalue weighted by Crippen LogP contribution is 2.20. The van der Waals surface area contributed by atoms with Crippen molar-refractivity contribution in [2.24, 2.45) is 0 Å². The van der Waals surface area contributed by atoms with Gasteiger partial charge in [-0.1, -0.05) is 30.3 Å². The van der Waals surface area contributed by atoms with Crippen LogP contribution < -0.4 is 5.32 Å². The van der Waals surface area contributed by atoms with Gasteiger partial charge in [0.25, 0.3) is 0 Å². The maximum absolute atomic E-state index is 12.1. The number of alkyl carbamates (subject to hydrolysis) is 1. The lowest BCUT2D eigenvalue weighted by atomic mass is 10.1. The average molecular weight is 346 g/mol. The number of hydrogen-bond acceptors (Lipinski definition) is 6. The summed E-state index contributed by atoms with van der Waals surface area (Å²) in [4.78, 5) is 27.8. The Morgan fingerprint density at radius 2 is 1.92 bits per heavy atom. The number of nitrogens with zero attached hydrogens (tertiary/aromatic N) is 1. The third-order valence-electron chi connectivity index (χ3n) is 3.19. The number of amides is 1. The van der Waals surface area contributed by atoms with Crippen molar-refractivity contribution in [1.29, 1.82) is 0 Å². The molecule has 0 aliphatic carbocycles. The summed E-state index contributed by atoms with van der Waals surface area (Å²) in [7, 11) is 1.26. The van der Waals surface area contributed by atoms with Crippen LogP contribution in [0.5, 0.6) is 0 Å². The summed E-state index contributed by atoms with van der Waals surface area (Å²) in [5.74, 6) is -0.402. The summed E-state index contributed by atoms with van der Waals surface area (Å²) in [6.07, 6.45) is 1.04. The van der Waals surface area contributed by atoms with Crippen LogP contribution in [0, 0.1) is 0 Å². The Morgan fingerprint density at radius 1 is 1.24 bits per heavy atom. The highest BCUT2D eigenvalue weighted by atomic mass is 16.6. The zero-order valence-corrected chi connectivity index (χ0v) is 14.7. The van der Waals surface area contributed by atoms with E-state index in [9.17, 15) is 9.59 Å². The van der Waals surface area contributed by atoms with Gasteiger partial charge in [0.05, 0.1) is 7.11 Å². The lowest BCUT2D eigenvalue weighted by Gasteiger charge is -2.22. The molecular weight excluding hydrogens is 324 g/mol. The first-order valence-corrected chi connectivity index (χ1v) is 7.85. The van der Waals surface area contributed by atoms with Crippen LogP contribution in [0.1, 0.15) is 48.8 Å². The second kappa shape index (κ2) is 7.83. The largest absolute Gasteiger partial charge is 0.464 e. The minimum atomic E-state index is -0.630. The molecule has 0 saturated carbocycles. The van der Waals surface area contributed by atoms with E-state index in [1.54, 1.807) is 20.8 Å². The number of carbonyl (C=O) groups excluding carboxylic acids is 2. The standard InChI is InChI=1S/C18H22N2O5/c1-18(2,3)25-17(22)20-13(10-12-8-6-5-7-9-12)15-19-14(11-24-15)16(21)23-4/h5-9,11,13H,10H2,1-4H3,(H,20,22)/t13-/m0/s1. The molecule has 134 valence electrons. The van der Waals surface area contributed by atoms with E-state index >= 15 is 0 Å². The molecule has 1 N–H and O–H groups in total. The fraction of sp³-hybridized carbons (Fsp3) is 0.389. The Balaban J connectivity index is 2.21. The van der Waals surface area contributed by atoms with Gasteiger partial charge in [0.1, 0.15) is 17.9 Å². The van der Waals surface area contributed by atoms with Crippen LogP contribution in [-0.4, -0.2) is 29.8 Å². The fourth-order valence-electron chi connectivity index (χ4n) is 2.15. The van der Waals surface area contributed by atoms with E-state index in [2.05, 4.69) is 15.0 Å². The molecule has 1 heterocycles. The van der Waals surface area contributed by atoms with Crippen LogP contribution >= 0.6 is 0 Å². The molecule has 1 aromatic carbocycles. The number of esters is 1. The number of nitrogens with one attached hydrogen (secondary N) is 1. The zero-order chi connectivity index (χ0) is 18.4. The van der Waals surface area contributed by atoms with Gasteiger partial charge in [-0.05, 0) is 26.3 Å². The summed E-state index contributed by atoms with van der Waals surface area (Å²) in [6.45, 7) is 5.33. The molecule has 0 aliphatic rings. The lowest BCUT2D eigenvalue weighted by molar-refractivity contribution is 0.0495. The van der Waals surface area contributed by atoms with Gasteiger partial charge < -0.3 is 19.2 Å². The predicted octanol–water partition coefficient (Wildman–Crippen LogP) is 3.27. The Morgan fingerprint density at radius 3 is 2.52 bits per heavy atom. The minimum Gasteiger partial charge on any atom is -0.464 e. The molecule has 7 heteroatoms. The normalized spacial score (nSPS) is 12.3. The van der Waals surface area contributed by atoms with Gasteiger partial charge >= 0.3 is 12.1 Å². The number of carbonyl (C=O) groups is 2. The lowest BCUT2D eigenvalue weighted by Crippen LogP contribution is -2.36. The van der Waals surface area contributed by atoms with Crippen molar-refractivity contribution >= 4 is 12.1 Å². The van der Waals surface area contributed by atoms with Crippen LogP contribution in [0.2, 0.25) is 0 Å². The number of rotatable bonds is 5. The molecule has 25 heavy (non-hydrogen) atoms. The number of ether oxygens (including phenoxy) is 2. The van der Waals surface area contributed by atoms with Crippen LogP contribution in [0.3, 0.4) is 0 Å². The van der Waals surface area contributed by atoms with Crippen molar-refractivity contribution in [3.05, 3.63) is 53.7 Å². The Kier molecular flexibility index (Phi) is 5.80. The van der Waals surface area contributed by atoms with E-state index in [1.165, 1.54) is 13.4 Å². The smallest absolute Gasteiger partial charge is 0.408 e. The highest BCUT2D eigenvalue weighted by Gasteiger charge is 2.25. The Bertz CT molecular complexity index is 719. The van der Waals surface area contributed by atoms with Gasteiger partial charge in [-0.3, -0.25) is 0 Å². The van der Waals surface area contributed by atoms with Crippen molar-refractivity contribution in [1.82, 2.24) is 10.3 Å². The molecule has 2 aromatic rings. The summed E-state index contributed by atoms with van der Waals surface area (Å²) >= 11 is 0. The van der Waals surface area contributed by atoms with Crippen LogP contribution in [0.25, 0.3) is 0 Å². The van der Waals surface area contributed by atoms with Gasteiger partial charge in [0, 0.05) is 6.42 Å².